The number of hydrogen-bond donors (Lipinski definition) is 0. The summed E-state index contributed by atoms with van der Waals surface area (Å²) in [6.45, 7) is 0. The fourth-order valence-corrected chi connectivity index (χ4v) is 1.13. The van der Waals surface area contributed by atoms with Crippen LogP contribution in [0.1, 0.15) is 5.56 Å². The molecule has 1 aromatic rings. The maximum Gasteiger partial charge on any atom is 0.321 e. The van der Waals surface area contributed by atoms with Crippen molar-refractivity contribution >= 4 is 22.6 Å². The number of methoxy groups -OCH3 is 1. The van der Waals surface area contributed by atoms with Gasteiger partial charge in [-0.3, -0.25) is 0 Å². The van der Waals surface area contributed by atoms with Gasteiger partial charge in [-0.2, -0.15) is 8.78 Å². The van der Waals surface area contributed by atoms with Gasteiger partial charge >= 0.3 is 3.93 Å². The molecule has 0 heterocycles. The minimum Gasteiger partial charge on any atom is -0.497 e. The first-order valence-electron chi connectivity index (χ1n) is 3.25. The lowest BCUT2D eigenvalue weighted by molar-refractivity contribution is 0.127. The highest BCUT2D eigenvalue weighted by molar-refractivity contribution is 14.1. The van der Waals surface area contributed by atoms with Crippen LogP contribution in [0.4, 0.5) is 8.78 Å². The maximum absolute atomic E-state index is 12.7. The van der Waals surface area contributed by atoms with E-state index in [1.54, 1.807) is 12.1 Å². The Bertz CT molecular complexity index is 270. The van der Waals surface area contributed by atoms with Crippen molar-refractivity contribution < 1.29 is 13.5 Å². The van der Waals surface area contributed by atoms with Crippen molar-refractivity contribution in [2.75, 3.05) is 7.11 Å². The predicted octanol–water partition coefficient (Wildman–Crippen LogP) is 3.18. The first-order chi connectivity index (χ1) is 5.54. The quantitative estimate of drug-likeness (QED) is 0.598. The molecule has 0 spiro atoms. The Morgan fingerprint density at radius 2 is 2.08 bits per heavy atom. The molecule has 0 aliphatic carbocycles. The van der Waals surface area contributed by atoms with Crippen molar-refractivity contribution in [2.24, 2.45) is 0 Å². The lowest BCUT2D eigenvalue weighted by Crippen LogP contribution is -2.01. The minimum atomic E-state index is -2.83. The van der Waals surface area contributed by atoms with E-state index < -0.39 is 3.93 Å². The molecule has 4 heteroatoms. The Hall–Kier alpha value is -0.390. The highest BCUT2D eigenvalue weighted by atomic mass is 127. The molecule has 0 N–H and O–H groups in total. The molecule has 1 rings (SSSR count). The summed E-state index contributed by atoms with van der Waals surface area (Å²) in [6.07, 6.45) is 0. The van der Waals surface area contributed by atoms with Crippen molar-refractivity contribution in [3.8, 4) is 5.75 Å². The van der Waals surface area contributed by atoms with E-state index in [4.69, 9.17) is 4.74 Å². The van der Waals surface area contributed by atoms with Crippen molar-refractivity contribution in [1.29, 1.82) is 0 Å². The molecule has 0 saturated heterocycles. The topological polar surface area (TPSA) is 9.23 Å². The second-order valence-corrected chi connectivity index (χ2v) is 3.58. The fraction of sp³-hybridized carbons (Fsp3) is 0.250. The standard InChI is InChI=1S/C8H7F2IO/c1-12-7-4-2-3-6(5-7)8(9,10)11/h2-5H,1H3. The minimum absolute atomic E-state index is 0.0394. The summed E-state index contributed by atoms with van der Waals surface area (Å²) in [5.41, 5.74) is -0.0394. The summed E-state index contributed by atoms with van der Waals surface area (Å²) in [4.78, 5) is 0. The number of halogens is 3. The van der Waals surface area contributed by atoms with Gasteiger partial charge in [-0.15, -0.1) is 0 Å². The number of benzene rings is 1. The second-order valence-electron chi connectivity index (χ2n) is 2.23. The molecule has 0 aliphatic rings. The third-order valence-electron chi connectivity index (χ3n) is 1.40. The molecule has 0 bridgehead atoms. The predicted molar refractivity (Wildman–Crippen MR) is 50.9 cm³/mol. The summed E-state index contributed by atoms with van der Waals surface area (Å²) >= 11 is 1.09. The summed E-state index contributed by atoms with van der Waals surface area (Å²) in [5, 5.41) is 0. The van der Waals surface area contributed by atoms with Crippen LogP contribution in [0.15, 0.2) is 24.3 Å². The molecule has 66 valence electrons. The van der Waals surface area contributed by atoms with Crippen LogP contribution in [0.2, 0.25) is 0 Å². The lowest BCUT2D eigenvalue weighted by atomic mass is 10.2. The zero-order valence-corrected chi connectivity index (χ0v) is 8.51. The number of rotatable bonds is 2. The van der Waals surface area contributed by atoms with Gasteiger partial charge in [0.2, 0.25) is 0 Å². The Kier molecular flexibility index (Phi) is 2.87. The molecule has 0 unspecified atom stereocenters. The first-order valence-corrected chi connectivity index (χ1v) is 4.33. The van der Waals surface area contributed by atoms with Gasteiger partial charge in [0.1, 0.15) is 5.75 Å². The number of alkyl halides is 3. The summed E-state index contributed by atoms with van der Waals surface area (Å²) in [6, 6.07) is 5.87. The van der Waals surface area contributed by atoms with E-state index in [-0.39, 0.29) is 5.56 Å². The van der Waals surface area contributed by atoms with Crippen molar-refractivity contribution in [3.05, 3.63) is 29.8 Å². The fourth-order valence-electron chi connectivity index (χ4n) is 0.799. The summed E-state index contributed by atoms with van der Waals surface area (Å²) in [5.74, 6) is 0.448. The molecule has 0 amide bonds. The van der Waals surface area contributed by atoms with Crippen molar-refractivity contribution in [3.63, 3.8) is 0 Å². The maximum atomic E-state index is 12.7. The highest BCUT2D eigenvalue weighted by Gasteiger charge is 2.26. The van der Waals surface area contributed by atoms with E-state index in [0.29, 0.717) is 5.75 Å². The van der Waals surface area contributed by atoms with Crippen LogP contribution < -0.4 is 4.74 Å². The van der Waals surface area contributed by atoms with Crippen LogP contribution >= 0.6 is 22.6 Å². The molecule has 0 saturated carbocycles. The Labute approximate surface area is 82.9 Å². The van der Waals surface area contributed by atoms with Crippen molar-refractivity contribution in [2.45, 2.75) is 3.93 Å². The molecular weight excluding hydrogens is 277 g/mol. The monoisotopic (exact) mass is 284 g/mol. The zero-order valence-electron chi connectivity index (χ0n) is 6.35. The number of hydrogen-bond acceptors (Lipinski definition) is 1. The van der Waals surface area contributed by atoms with Crippen molar-refractivity contribution in [1.82, 2.24) is 0 Å². The summed E-state index contributed by atoms with van der Waals surface area (Å²) < 4.78 is 27.4. The van der Waals surface area contributed by atoms with E-state index in [1.807, 2.05) is 0 Å². The largest absolute Gasteiger partial charge is 0.497 e. The molecule has 0 radical (unpaired) electrons. The SMILES string of the molecule is COc1cccc(C(F)(F)I)c1. The summed E-state index contributed by atoms with van der Waals surface area (Å²) in [7, 11) is 1.45. The van der Waals surface area contributed by atoms with E-state index in [2.05, 4.69) is 0 Å². The van der Waals surface area contributed by atoms with E-state index >= 15 is 0 Å². The van der Waals surface area contributed by atoms with Gasteiger partial charge in [-0.25, -0.2) is 0 Å². The van der Waals surface area contributed by atoms with Crippen LogP contribution in [0, 0.1) is 0 Å². The normalized spacial score (nSPS) is 11.3. The average molecular weight is 284 g/mol. The van der Waals surface area contributed by atoms with Crippen LogP contribution in [0.25, 0.3) is 0 Å². The Morgan fingerprint density at radius 3 is 2.58 bits per heavy atom. The van der Waals surface area contributed by atoms with Crippen LogP contribution in [0.3, 0.4) is 0 Å². The Balaban J connectivity index is 3.02. The van der Waals surface area contributed by atoms with Gasteiger partial charge in [0.15, 0.2) is 0 Å². The van der Waals surface area contributed by atoms with Crippen LogP contribution in [-0.2, 0) is 3.93 Å². The highest BCUT2D eigenvalue weighted by Crippen LogP contribution is 2.36. The number of ether oxygens (including phenoxy) is 1. The van der Waals surface area contributed by atoms with E-state index in [9.17, 15) is 8.78 Å². The molecule has 0 atom stereocenters. The molecular formula is C8H7F2IO. The average Bonchev–Trinajstić information content (AvgIpc) is 2.03. The molecule has 0 aromatic heterocycles. The molecule has 12 heavy (non-hydrogen) atoms. The first kappa shape index (κ1) is 9.70. The second kappa shape index (κ2) is 3.55. The van der Waals surface area contributed by atoms with Gasteiger partial charge in [-0.05, 0) is 12.1 Å². The Morgan fingerprint density at radius 1 is 1.42 bits per heavy atom. The molecule has 1 aromatic carbocycles. The van der Waals surface area contributed by atoms with Gasteiger partial charge in [-0.1, -0.05) is 12.1 Å². The molecule has 0 aliphatic heterocycles. The molecule has 0 fully saturated rings. The van der Waals surface area contributed by atoms with Gasteiger partial charge in [0, 0.05) is 28.2 Å². The van der Waals surface area contributed by atoms with E-state index in [0.717, 1.165) is 22.6 Å². The smallest absolute Gasteiger partial charge is 0.321 e. The lowest BCUT2D eigenvalue weighted by Gasteiger charge is -2.09. The van der Waals surface area contributed by atoms with Crippen LogP contribution in [0.5, 0.6) is 5.75 Å². The van der Waals surface area contributed by atoms with Gasteiger partial charge in [0.25, 0.3) is 0 Å². The molecule has 1 nitrogen and oxygen atoms in total. The third kappa shape index (κ3) is 2.30. The third-order valence-corrected chi connectivity index (χ3v) is 2.02. The van der Waals surface area contributed by atoms with Crippen LogP contribution in [-0.4, -0.2) is 7.11 Å². The van der Waals surface area contributed by atoms with Gasteiger partial charge < -0.3 is 4.74 Å². The van der Waals surface area contributed by atoms with Gasteiger partial charge in [0.05, 0.1) is 7.11 Å². The van der Waals surface area contributed by atoms with E-state index in [1.165, 1.54) is 19.2 Å². The zero-order chi connectivity index (χ0) is 9.19.